The molecule has 36 heavy (non-hydrogen) atoms. The van der Waals surface area contributed by atoms with Crippen LogP contribution in [0, 0.1) is 13.8 Å². The number of nitrogens with zero attached hydrogens (tertiary/aromatic N) is 1. The van der Waals surface area contributed by atoms with Gasteiger partial charge in [-0.1, -0.05) is 69.1 Å². The van der Waals surface area contributed by atoms with Crippen molar-refractivity contribution < 1.29 is 4.79 Å². The Hall–Kier alpha value is -2.14. The number of anilines is 1. The molecule has 0 fully saturated rings. The molecule has 0 aliphatic heterocycles. The van der Waals surface area contributed by atoms with E-state index in [4.69, 9.17) is 11.6 Å². The quantitative estimate of drug-likeness (QED) is 0.280. The second-order valence-corrected chi connectivity index (χ2v) is 9.58. The highest BCUT2D eigenvalue weighted by atomic mass is 35.5. The third kappa shape index (κ3) is 14.4. The molecule has 0 spiro atoms. The van der Waals surface area contributed by atoms with Crippen molar-refractivity contribution in [1.82, 2.24) is 10.6 Å². The zero-order chi connectivity index (χ0) is 27.5. The molecular formula is C31H50ClN3O. The summed E-state index contributed by atoms with van der Waals surface area (Å²) in [5.74, 6) is 0.135. The first kappa shape index (κ1) is 33.9. The normalized spacial score (nSPS) is 11.2. The standard InChI is InChI=1S/C13H16ClNO.C10H12.C6H16N2.C2H6/c1-4-7-15(9-11(3)16)13-6-5-12(14)8-10(13)2;1-8-5-6-9-3-2-4-10(9)7-8;1-6(2)8-5-4-7-3;1-2/h4-6,8H,1,7,9H2,2-3H3;5-7H,2-4H2,1H3;6-8H,4-5H2,1-3H3;1-2H3. The van der Waals surface area contributed by atoms with Crippen molar-refractivity contribution in [3.63, 3.8) is 0 Å². The minimum absolute atomic E-state index is 0.135. The summed E-state index contributed by atoms with van der Waals surface area (Å²) >= 11 is 5.90. The monoisotopic (exact) mass is 515 g/mol. The molecule has 0 unspecified atom stereocenters. The number of carbonyl (C=O) groups excluding carboxylic acids is 1. The Balaban J connectivity index is 0.000000526. The molecule has 0 saturated carbocycles. The van der Waals surface area contributed by atoms with Crippen LogP contribution in [0.3, 0.4) is 0 Å². The van der Waals surface area contributed by atoms with E-state index in [0.29, 0.717) is 24.2 Å². The number of aryl methyl sites for hydroxylation is 4. The number of hydrogen-bond acceptors (Lipinski definition) is 4. The number of fused-ring (bicyclic) bond motifs is 1. The first-order chi connectivity index (χ1) is 17.2. The number of nitrogens with one attached hydrogen (secondary N) is 2. The molecule has 1 aliphatic carbocycles. The molecule has 0 heterocycles. The highest BCUT2D eigenvalue weighted by Crippen LogP contribution is 2.24. The largest absolute Gasteiger partial charge is 0.360 e. The highest BCUT2D eigenvalue weighted by Gasteiger charge is 2.10. The lowest BCUT2D eigenvalue weighted by atomic mass is 10.1. The lowest BCUT2D eigenvalue weighted by Gasteiger charge is -2.23. The van der Waals surface area contributed by atoms with Gasteiger partial charge in [0.05, 0.1) is 6.54 Å². The SMILES string of the molecule is C=CCN(CC(C)=O)c1ccc(Cl)cc1C.CC.CNCCNC(C)C.Cc1ccc2c(c1)CCC2. The van der Waals surface area contributed by atoms with Gasteiger partial charge in [0.15, 0.2) is 0 Å². The van der Waals surface area contributed by atoms with Crippen molar-refractivity contribution in [1.29, 1.82) is 0 Å². The van der Waals surface area contributed by atoms with E-state index in [0.717, 1.165) is 24.3 Å². The van der Waals surface area contributed by atoms with E-state index >= 15 is 0 Å². The molecule has 2 aromatic carbocycles. The van der Waals surface area contributed by atoms with Crippen LogP contribution in [0.2, 0.25) is 5.02 Å². The summed E-state index contributed by atoms with van der Waals surface area (Å²) in [7, 11) is 1.96. The second-order valence-electron chi connectivity index (χ2n) is 9.14. The molecule has 1 aliphatic rings. The van der Waals surface area contributed by atoms with Crippen molar-refractivity contribution in [2.75, 3.05) is 38.1 Å². The van der Waals surface area contributed by atoms with Crippen LogP contribution in [-0.4, -0.2) is 45.1 Å². The molecule has 0 amide bonds. The van der Waals surface area contributed by atoms with Crippen molar-refractivity contribution in [2.45, 2.75) is 73.8 Å². The molecule has 0 radical (unpaired) electrons. The molecule has 3 rings (SSSR count). The minimum atomic E-state index is 0.135. The zero-order valence-electron chi connectivity index (χ0n) is 24.0. The average molecular weight is 516 g/mol. The van der Waals surface area contributed by atoms with E-state index in [2.05, 4.69) is 56.2 Å². The van der Waals surface area contributed by atoms with Crippen LogP contribution < -0.4 is 15.5 Å². The fraction of sp³-hybridized carbons (Fsp3) is 0.516. The summed E-state index contributed by atoms with van der Waals surface area (Å²) in [6.07, 6.45) is 5.75. The maximum atomic E-state index is 11.2. The Kier molecular flexibility index (Phi) is 18.8. The fourth-order valence-electron chi connectivity index (χ4n) is 3.83. The van der Waals surface area contributed by atoms with Crippen molar-refractivity contribution >= 4 is 23.1 Å². The van der Waals surface area contributed by atoms with E-state index in [1.165, 1.54) is 24.8 Å². The molecule has 0 bridgehead atoms. The van der Waals surface area contributed by atoms with E-state index in [-0.39, 0.29) is 5.78 Å². The molecular weight excluding hydrogens is 466 g/mol. The summed E-state index contributed by atoms with van der Waals surface area (Å²) in [5.41, 5.74) is 6.65. The van der Waals surface area contributed by atoms with E-state index in [1.807, 2.05) is 50.9 Å². The number of Topliss-reactive ketones (excluding diaryl/α,β-unsaturated/α-hetero) is 1. The summed E-state index contributed by atoms with van der Waals surface area (Å²) in [6, 6.07) is 13.1. The van der Waals surface area contributed by atoms with E-state index < -0.39 is 0 Å². The number of hydrogen-bond donors (Lipinski definition) is 2. The molecule has 202 valence electrons. The molecule has 0 aromatic heterocycles. The smallest absolute Gasteiger partial charge is 0.149 e. The third-order valence-corrected chi connectivity index (χ3v) is 5.68. The molecule has 0 atom stereocenters. The van der Waals surface area contributed by atoms with Crippen molar-refractivity contribution in [2.24, 2.45) is 0 Å². The second kappa shape index (κ2) is 20.0. The topological polar surface area (TPSA) is 44.4 Å². The van der Waals surface area contributed by atoms with Gasteiger partial charge in [0.25, 0.3) is 0 Å². The summed E-state index contributed by atoms with van der Waals surface area (Å²) in [4.78, 5) is 13.2. The molecule has 4 nitrogen and oxygen atoms in total. The summed E-state index contributed by atoms with van der Waals surface area (Å²) < 4.78 is 0. The van der Waals surface area contributed by atoms with Gasteiger partial charge in [-0.2, -0.15) is 0 Å². The van der Waals surface area contributed by atoms with Gasteiger partial charge in [0.1, 0.15) is 5.78 Å². The van der Waals surface area contributed by atoms with Crippen molar-refractivity contribution in [3.8, 4) is 0 Å². The average Bonchev–Trinajstić information content (AvgIpc) is 3.28. The number of likely N-dealkylation sites (N-methyl/N-ethyl adjacent to an activating group) is 1. The molecule has 0 saturated heterocycles. The number of ketones is 1. The van der Waals surface area contributed by atoms with Crippen LogP contribution in [0.4, 0.5) is 5.69 Å². The van der Waals surface area contributed by atoms with Gasteiger partial charge in [-0.3, -0.25) is 4.79 Å². The Labute approximate surface area is 226 Å². The Morgan fingerprint density at radius 1 is 1.08 bits per heavy atom. The molecule has 5 heteroatoms. The predicted octanol–water partition coefficient (Wildman–Crippen LogP) is 6.94. The van der Waals surface area contributed by atoms with Gasteiger partial charge >= 0.3 is 0 Å². The predicted molar refractivity (Wildman–Crippen MR) is 161 cm³/mol. The van der Waals surface area contributed by atoms with Crippen LogP contribution in [-0.2, 0) is 17.6 Å². The number of carbonyl (C=O) groups is 1. The summed E-state index contributed by atoms with van der Waals surface area (Å²) in [5, 5.41) is 7.06. The van der Waals surface area contributed by atoms with Crippen molar-refractivity contribution in [3.05, 3.63) is 76.3 Å². The van der Waals surface area contributed by atoms with Crippen LogP contribution in [0.5, 0.6) is 0 Å². The lowest BCUT2D eigenvalue weighted by Crippen LogP contribution is -2.29. The Morgan fingerprint density at radius 2 is 1.75 bits per heavy atom. The third-order valence-electron chi connectivity index (χ3n) is 5.44. The van der Waals surface area contributed by atoms with E-state index in [9.17, 15) is 4.79 Å². The van der Waals surface area contributed by atoms with Crippen LogP contribution >= 0.6 is 11.6 Å². The van der Waals surface area contributed by atoms with Gasteiger partial charge in [-0.25, -0.2) is 0 Å². The fourth-order valence-corrected chi connectivity index (χ4v) is 4.06. The molecule has 2 aromatic rings. The van der Waals surface area contributed by atoms with Gasteiger partial charge in [-0.15, -0.1) is 6.58 Å². The van der Waals surface area contributed by atoms with Crippen LogP contribution in [0.15, 0.2) is 49.1 Å². The Morgan fingerprint density at radius 3 is 2.31 bits per heavy atom. The first-order valence-corrected chi connectivity index (χ1v) is 13.6. The number of rotatable bonds is 9. The number of benzene rings is 2. The minimum Gasteiger partial charge on any atom is -0.360 e. The van der Waals surface area contributed by atoms with Gasteiger partial charge in [0, 0.05) is 36.4 Å². The summed E-state index contributed by atoms with van der Waals surface area (Å²) in [6.45, 7) is 20.9. The number of halogens is 1. The molecule has 2 N–H and O–H groups in total. The van der Waals surface area contributed by atoms with E-state index in [1.54, 1.807) is 24.1 Å². The van der Waals surface area contributed by atoms with Gasteiger partial charge in [0.2, 0.25) is 0 Å². The van der Waals surface area contributed by atoms with Crippen LogP contribution in [0.1, 0.15) is 63.3 Å². The maximum Gasteiger partial charge on any atom is 0.149 e. The van der Waals surface area contributed by atoms with Gasteiger partial charge < -0.3 is 15.5 Å². The Bertz CT molecular complexity index is 895. The first-order valence-electron chi connectivity index (χ1n) is 13.3. The lowest BCUT2D eigenvalue weighted by molar-refractivity contribution is -0.115. The highest BCUT2D eigenvalue weighted by molar-refractivity contribution is 6.30. The van der Waals surface area contributed by atoms with Gasteiger partial charge in [-0.05, 0) is 82.0 Å². The van der Waals surface area contributed by atoms with Crippen LogP contribution in [0.25, 0.3) is 0 Å². The maximum absolute atomic E-state index is 11.2. The zero-order valence-corrected chi connectivity index (χ0v) is 24.8.